The van der Waals surface area contributed by atoms with Gasteiger partial charge in [-0.1, -0.05) is 0 Å². The molecule has 1 fully saturated rings. The molecule has 1 aliphatic rings. The van der Waals surface area contributed by atoms with Gasteiger partial charge in [0.05, 0.1) is 6.20 Å². The van der Waals surface area contributed by atoms with Crippen molar-refractivity contribution in [2.24, 2.45) is 0 Å². The molecule has 86 valence electrons. The molecular weight excluding hydrogens is 274 g/mol. The van der Waals surface area contributed by atoms with Crippen LogP contribution in [0.15, 0.2) is 10.8 Å². The summed E-state index contributed by atoms with van der Waals surface area (Å²) in [7, 11) is 0. The number of anilines is 2. The highest BCUT2D eigenvalue weighted by Crippen LogP contribution is 2.16. The molecule has 1 aromatic heterocycles. The molecule has 0 spiro atoms. The summed E-state index contributed by atoms with van der Waals surface area (Å²) in [5.74, 6) is 0.989. The Morgan fingerprint density at radius 1 is 1.69 bits per heavy atom. The van der Waals surface area contributed by atoms with Crippen molar-refractivity contribution >= 4 is 33.5 Å². The van der Waals surface area contributed by atoms with Crippen molar-refractivity contribution in [3.63, 3.8) is 0 Å². The number of rotatable bonds is 3. The zero-order chi connectivity index (χ0) is 11.5. The molecule has 1 saturated heterocycles. The van der Waals surface area contributed by atoms with Gasteiger partial charge < -0.3 is 16.4 Å². The van der Waals surface area contributed by atoms with Gasteiger partial charge in [0.1, 0.15) is 4.60 Å². The number of carbonyl (C=O) groups is 1. The van der Waals surface area contributed by atoms with Gasteiger partial charge in [0, 0.05) is 19.0 Å². The number of nitrogens with zero attached hydrogens (tertiary/aromatic N) is 2. The number of carbonyl (C=O) groups excluding carboxylic acids is 1. The van der Waals surface area contributed by atoms with Crippen LogP contribution in [0.25, 0.3) is 0 Å². The molecule has 6 nitrogen and oxygen atoms in total. The molecule has 1 unspecified atom stereocenters. The fourth-order valence-corrected chi connectivity index (χ4v) is 1.84. The second-order valence-electron chi connectivity index (χ2n) is 3.61. The molecule has 0 bridgehead atoms. The maximum Gasteiger partial charge on any atom is 0.220 e. The number of amides is 1. The lowest BCUT2D eigenvalue weighted by Crippen LogP contribution is -2.32. The molecule has 0 radical (unpaired) electrons. The molecule has 4 N–H and O–H groups in total. The van der Waals surface area contributed by atoms with E-state index in [9.17, 15) is 4.79 Å². The quantitative estimate of drug-likeness (QED) is 0.753. The fourth-order valence-electron chi connectivity index (χ4n) is 1.56. The highest BCUT2D eigenvalue weighted by atomic mass is 79.9. The molecular formula is C9H12BrN5O. The van der Waals surface area contributed by atoms with E-state index in [0.717, 1.165) is 6.42 Å². The average Bonchev–Trinajstić information content (AvgIpc) is 2.66. The molecule has 0 aromatic carbocycles. The fraction of sp³-hybridized carbons (Fsp3) is 0.444. The van der Waals surface area contributed by atoms with Crippen molar-refractivity contribution < 1.29 is 4.79 Å². The van der Waals surface area contributed by atoms with Crippen LogP contribution in [-0.4, -0.2) is 28.5 Å². The minimum atomic E-state index is 0.0973. The molecule has 1 aromatic rings. The van der Waals surface area contributed by atoms with E-state index >= 15 is 0 Å². The third-order valence-electron chi connectivity index (χ3n) is 2.37. The van der Waals surface area contributed by atoms with Crippen molar-refractivity contribution in [1.82, 2.24) is 15.3 Å². The molecule has 2 rings (SSSR count). The SMILES string of the molecule is Nc1ncc(Br)nc1NCC1CCC(=O)N1. The van der Waals surface area contributed by atoms with Gasteiger partial charge in [-0.2, -0.15) is 0 Å². The maximum atomic E-state index is 11.0. The van der Waals surface area contributed by atoms with E-state index in [1.165, 1.54) is 6.20 Å². The lowest BCUT2D eigenvalue weighted by Gasteiger charge is -2.12. The third kappa shape index (κ3) is 2.60. The largest absolute Gasteiger partial charge is 0.381 e. The van der Waals surface area contributed by atoms with E-state index in [0.29, 0.717) is 29.2 Å². The Labute approximate surface area is 101 Å². The van der Waals surface area contributed by atoms with Gasteiger partial charge in [0.15, 0.2) is 11.6 Å². The molecule has 1 aliphatic heterocycles. The summed E-state index contributed by atoms with van der Waals surface area (Å²) >= 11 is 3.22. The Morgan fingerprint density at radius 2 is 2.50 bits per heavy atom. The standard InChI is InChI=1S/C9H12BrN5O/c10-6-4-12-8(11)9(15-6)13-3-5-1-2-7(16)14-5/h4-5H,1-3H2,(H2,11,12)(H,13,15)(H,14,16). The van der Waals surface area contributed by atoms with Gasteiger partial charge in [0.25, 0.3) is 0 Å². The second-order valence-corrected chi connectivity index (χ2v) is 4.42. The van der Waals surface area contributed by atoms with Crippen LogP contribution < -0.4 is 16.4 Å². The number of nitrogens with one attached hydrogen (secondary N) is 2. The monoisotopic (exact) mass is 285 g/mol. The molecule has 16 heavy (non-hydrogen) atoms. The molecule has 0 aliphatic carbocycles. The topological polar surface area (TPSA) is 92.9 Å². The Balaban J connectivity index is 1.94. The lowest BCUT2D eigenvalue weighted by atomic mass is 10.2. The number of aromatic nitrogens is 2. The van der Waals surface area contributed by atoms with Crippen molar-refractivity contribution in [1.29, 1.82) is 0 Å². The van der Waals surface area contributed by atoms with Crippen molar-refractivity contribution in [3.05, 3.63) is 10.8 Å². The predicted molar refractivity (Wildman–Crippen MR) is 63.8 cm³/mol. The molecule has 2 heterocycles. The number of hydrogen-bond acceptors (Lipinski definition) is 5. The summed E-state index contributed by atoms with van der Waals surface area (Å²) < 4.78 is 0.625. The zero-order valence-electron chi connectivity index (χ0n) is 8.53. The van der Waals surface area contributed by atoms with E-state index in [2.05, 4.69) is 36.5 Å². The van der Waals surface area contributed by atoms with Gasteiger partial charge >= 0.3 is 0 Å². The Kier molecular flexibility index (Phi) is 3.23. The summed E-state index contributed by atoms with van der Waals surface area (Å²) in [6, 6.07) is 0.146. The van der Waals surface area contributed by atoms with Crippen LogP contribution in [-0.2, 0) is 4.79 Å². The van der Waals surface area contributed by atoms with Gasteiger partial charge in [-0.25, -0.2) is 9.97 Å². The van der Waals surface area contributed by atoms with Crippen molar-refractivity contribution in [3.8, 4) is 0 Å². The van der Waals surface area contributed by atoms with Gasteiger partial charge in [-0.15, -0.1) is 0 Å². The van der Waals surface area contributed by atoms with Crippen LogP contribution in [0.1, 0.15) is 12.8 Å². The number of nitrogens with two attached hydrogens (primary N) is 1. The zero-order valence-corrected chi connectivity index (χ0v) is 10.1. The Hall–Kier alpha value is -1.37. The molecule has 0 saturated carbocycles. The van der Waals surface area contributed by atoms with E-state index in [4.69, 9.17) is 5.73 Å². The number of nitrogen functional groups attached to an aromatic ring is 1. The Morgan fingerprint density at radius 3 is 3.19 bits per heavy atom. The first kappa shape index (κ1) is 11.1. The van der Waals surface area contributed by atoms with E-state index in [1.807, 2.05) is 0 Å². The van der Waals surface area contributed by atoms with E-state index in [1.54, 1.807) is 0 Å². The molecule has 1 amide bonds. The first-order valence-corrected chi connectivity index (χ1v) is 5.75. The summed E-state index contributed by atoms with van der Waals surface area (Å²) in [5.41, 5.74) is 5.66. The van der Waals surface area contributed by atoms with E-state index in [-0.39, 0.29) is 11.9 Å². The van der Waals surface area contributed by atoms with Gasteiger partial charge in [0.2, 0.25) is 5.91 Å². The predicted octanol–water partition coefficient (Wildman–Crippen LogP) is 0.512. The van der Waals surface area contributed by atoms with Crippen LogP contribution >= 0.6 is 15.9 Å². The minimum absolute atomic E-state index is 0.0973. The van der Waals surface area contributed by atoms with Gasteiger partial charge in [-0.05, 0) is 22.4 Å². The van der Waals surface area contributed by atoms with Gasteiger partial charge in [-0.3, -0.25) is 4.79 Å². The smallest absolute Gasteiger partial charge is 0.220 e. The van der Waals surface area contributed by atoms with Crippen molar-refractivity contribution in [2.75, 3.05) is 17.6 Å². The van der Waals surface area contributed by atoms with Crippen molar-refractivity contribution in [2.45, 2.75) is 18.9 Å². The third-order valence-corrected chi connectivity index (χ3v) is 2.75. The summed E-state index contributed by atoms with van der Waals surface area (Å²) in [4.78, 5) is 19.1. The highest BCUT2D eigenvalue weighted by Gasteiger charge is 2.20. The van der Waals surface area contributed by atoms with Crippen LogP contribution in [0.4, 0.5) is 11.6 Å². The van der Waals surface area contributed by atoms with Crippen LogP contribution in [0.3, 0.4) is 0 Å². The van der Waals surface area contributed by atoms with Crippen LogP contribution in [0, 0.1) is 0 Å². The summed E-state index contributed by atoms with van der Waals surface area (Å²) in [6.07, 6.45) is 2.97. The number of halogens is 1. The Bertz CT molecular complexity index is 411. The molecule has 7 heteroatoms. The second kappa shape index (κ2) is 4.65. The summed E-state index contributed by atoms with van der Waals surface area (Å²) in [6.45, 7) is 0.612. The average molecular weight is 286 g/mol. The summed E-state index contributed by atoms with van der Waals surface area (Å²) in [5, 5.41) is 5.93. The van der Waals surface area contributed by atoms with E-state index < -0.39 is 0 Å². The maximum absolute atomic E-state index is 11.0. The first-order valence-electron chi connectivity index (χ1n) is 4.96. The number of hydrogen-bond donors (Lipinski definition) is 3. The highest BCUT2D eigenvalue weighted by molar-refractivity contribution is 9.10. The lowest BCUT2D eigenvalue weighted by molar-refractivity contribution is -0.119. The minimum Gasteiger partial charge on any atom is -0.381 e. The van der Waals surface area contributed by atoms with Crippen LogP contribution in [0.2, 0.25) is 0 Å². The first-order chi connectivity index (χ1) is 7.65. The molecule has 1 atom stereocenters. The van der Waals surface area contributed by atoms with Crippen LogP contribution in [0.5, 0.6) is 0 Å². The normalized spacial score (nSPS) is 19.6.